The first-order valence-electron chi connectivity index (χ1n) is 17.1. The number of piperidine rings is 1. The Morgan fingerprint density at radius 2 is 1.88 bits per heavy atom. The highest BCUT2D eigenvalue weighted by molar-refractivity contribution is 8.09. The Hall–Kier alpha value is -3.53. The number of aromatic nitrogens is 5. The number of halogens is 3. The molecule has 5 aliphatic rings. The molecule has 5 aliphatic heterocycles. The molecule has 3 atom stereocenters. The van der Waals surface area contributed by atoms with Gasteiger partial charge in [0.25, 0.3) is 0 Å². The maximum absolute atomic E-state index is 13.2. The number of fused-ring (bicyclic) bond motifs is 1. The fourth-order valence-electron chi connectivity index (χ4n) is 7.87. The van der Waals surface area contributed by atoms with Crippen LogP contribution in [0.4, 0.5) is 25.1 Å². The van der Waals surface area contributed by atoms with E-state index in [0.717, 1.165) is 56.8 Å². The number of rotatable bonds is 10. The summed E-state index contributed by atoms with van der Waals surface area (Å²) in [5.74, 6) is 1.71. The van der Waals surface area contributed by atoms with Crippen LogP contribution >= 0.6 is 23.5 Å². The summed E-state index contributed by atoms with van der Waals surface area (Å²) in [4.78, 5) is 29.3. The maximum Gasteiger partial charge on any atom is 0.433 e. The standard InChI is InChI=1S/C33H41F3N10O3S2/c1-21-23(51-25(38)6-10-37)15-50-32(21)17-45(18-32)28-41-27(44-11-3-7-30(2,47)16-44)42-29(43-28)49-19-31-8-4-12-46(31)22(5-9-31)14-48-26-13-24(33(34,35)36)39-20-40-26/h6,13,20,22,47H,3-5,7-9,11-12,14-19,38H2,1-2H3/b25-6+. The van der Waals surface area contributed by atoms with Gasteiger partial charge in [0.15, 0.2) is 5.69 Å². The van der Waals surface area contributed by atoms with Crippen LogP contribution in [-0.4, -0.2) is 109 Å². The van der Waals surface area contributed by atoms with E-state index >= 15 is 0 Å². The number of nitriles is 1. The summed E-state index contributed by atoms with van der Waals surface area (Å²) in [6.07, 6.45) is 2.65. The first kappa shape index (κ1) is 35.9. The van der Waals surface area contributed by atoms with Crippen LogP contribution in [0.2, 0.25) is 0 Å². The van der Waals surface area contributed by atoms with E-state index < -0.39 is 17.5 Å². The number of alkyl halides is 3. The topological polar surface area (TPSA) is 163 Å². The number of hydrogen-bond acceptors (Lipinski definition) is 15. The van der Waals surface area contributed by atoms with Crippen LogP contribution in [0, 0.1) is 11.3 Å². The van der Waals surface area contributed by atoms with Gasteiger partial charge in [0.1, 0.15) is 19.5 Å². The highest BCUT2D eigenvalue weighted by Gasteiger charge is 2.52. The average Bonchev–Trinajstić information content (AvgIpc) is 3.73. The molecular weight excluding hydrogens is 706 g/mol. The molecule has 274 valence electrons. The lowest BCUT2D eigenvalue weighted by atomic mass is 9.91. The van der Waals surface area contributed by atoms with Gasteiger partial charge in [-0.2, -0.15) is 33.4 Å². The monoisotopic (exact) mass is 746 g/mol. The third-order valence-corrected chi connectivity index (χ3v) is 13.4. The van der Waals surface area contributed by atoms with E-state index in [1.54, 1.807) is 0 Å². The van der Waals surface area contributed by atoms with Crippen LogP contribution in [0.3, 0.4) is 0 Å². The van der Waals surface area contributed by atoms with E-state index in [0.29, 0.717) is 56.1 Å². The van der Waals surface area contributed by atoms with Crippen molar-refractivity contribution in [3.63, 3.8) is 0 Å². The van der Waals surface area contributed by atoms with Crippen molar-refractivity contribution in [2.75, 3.05) is 61.5 Å². The molecule has 7 rings (SSSR count). The van der Waals surface area contributed by atoms with E-state index in [4.69, 9.17) is 35.4 Å². The average molecular weight is 747 g/mol. The van der Waals surface area contributed by atoms with Gasteiger partial charge < -0.3 is 30.1 Å². The van der Waals surface area contributed by atoms with Gasteiger partial charge in [-0.25, -0.2) is 9.97 Å². The SMILES string of the molecule is CC1=C(S/C(N)=C/C#N)CSC12CN(c1nc(OCC34CCCN3C(COc3cc(C(F)(F)F)ncn3)CC4)nc(N3CCCC(C)(O)C3)n1)C2. The lowest BCUT2D eigenvalue weighted by molar-refractivity contribution is -0.141. The molecule has 2 aromatic rings. The smallest absolute Gasteiger partial charge is 0.433 e. The van der Waals surface area contributed by atoms with Crippen molar-refractivity contribution in [3.05, 3.63) is 39.7 Å². The number of aliphatic hydroxyl groups is 1. The molecule has 0 amide bonds. The lowest BCUT2D eigenvalue weighted by Crippen LogP contribution is -2.60. The van der Waals surface area contributed by atoms with Gasteiger partial charge in [0.05, 0.1) is 27.0 Å². The normalized spacial score (nSPS) is 27.9. The van der Waals surface area contributed by atoms with E-state index in [1.165, 1.54) is 28.3 Å². The zero-order valence-electron chi connectivity index (χ0n) is 28.5. The van der Waals surface area contributed by atoms with Crippen molar-refractivity contribution >= 4 is 35.4 Å². The molecule has 3 unspecified atom stereocenters. The van der Waals surface area contributed by atoms with Gasteiger partial charge in [-0.15, -0.1) is 11.8 Å². The van der Waals surface area contributed by atoms with Gasteiger partial charge in [-0.05, 0) is 64.5 Å². The lowest BCUT2D eigenvalue weighted by Gasteiger charge is -2.48. The molecule has 0 aliphatic carbocycles. The number of nitrogens with two attached hydrogens (primary N) is 1. The molecule has 51 heavy (non-hydrogen) atoms. The summed E-state index contributed by atoms with van der Waals surface area (Å²) in [6.45, 7) is 7.82. The van der Waals surface area contributed by atoms with Crippen LogP contribution in [0.15, 0.2) is 34.0 Å². The molecule has 1 spiro atoms. The van der Waals surface area contributed by atoms with Crippen molar-refractivity contribution in [3.8, 4) is 18.0 Å². The van der Waals surface area contributed by atoms with Gasteiger partial charge in [-0.1, -0.05) is 11.8 Å². The van der Waals surface area contributed by atoms with E-state index in [2.05, 4.69) is 26.7 Å². The molecule has 13 nitrogen and oxygen atoms in total. The van der Waals surface area contributed by atoms with Gasteiger partial charge in [-0.3, -0.25) is 4.90 Å². The predicted molar refractivity (Wildman–Crippen MR) is 187 cm³/mol. The largest absolute Gasteiger partial charge is 0.476 e. The number of ether oxygens (including phenoxy) is 2. The summed E-state index contributed by atoms with van der Waals surface area (Å²) in [5.41, 5.74) is 5.09. The third kappa shape index (κ3) is 7.40. The van der Waals surface area contributed by atoms with Crippen molar-refractivity contribution in [2.24, 2.45) is 5.73 Å². The fraction of sp³-hybridized carbons (Fsp3) is 0.636. The van der Waals surface area contributed by atoms with Crippen LogP contribution in [0.5, 0.6) is 11.9 Å². The molecule has 0 bridgehead atoms. The Balaban J connectivity index is 1.06. The van der Waals surface area contributed by atoms with Crippen molar-refractivity contribution in [1.29, 1.82) is 5.26 Å². The Labute approximate surface area is 302 Å². The maximum atomic E-state index is 13.2. The summed E-state index contributed by atoms with van der Waals surface area (Å²) in [7, 11) is 0. The summed E-state index contributed by atoms with van der Waals surface area (Å²) in [5, 5.41) is 20.3. The van der Waals surface area contributed by atoms with E-state index in [-0.39, 0.29) is 34.8 Å². The first-order valence-corrected chi connectivity index (χ1v) is 18.9. The minimum absolute atomic E-state index is 0.00764. The van der Waals surface area contributed by atoms with Gasteiger partial charge in [0.2, 0.25) is 17.8 Å². The quantitative estimate of drug-likeness (QED) is 0.334. The number of allylic oxidation sites excluding steroid dienone is 1. The zero-order chi connectivity index (χ0) is 36.0. The minimum Gasteiger partial charge on any atom is -0.476 e. The van der Waals surface area contributed by atoms with Crippen LogP contribution in [-0.2, 0) is 6.18 Å². The second kappa shape index (κ2) is 13.8. The number of β-amino-alcohol motifs (C(OH)–C–C–N with tert-alkyl or cyclic N) is 1. The van der Waals surface area contributed by atoms with Gasteiger partial charge >= 0.3 is 12.2 Å². The minimum atomic E-state index is -4.58. The van der Waals surface area contributed by atoms with Crippen molar-refractivity contribution in [1.82, 2.24) is 29.8 Å². The number of thioether (sulfide) groups is 2. The summed E-state index contributed by atoms with van der Waals surface area (Å²) >= 11 is 3.31. The fourth-order valence-corrected chi connectivity index (χ4v) is 10.6. The highest BCUT2D eigenvalue weighted by atomic mass is 32.2. The highest BCUT2D eigenvalue weighted by Crippen LogP contribution is 2.52. The molecule has 4 saturated heterocycles. The summed E-state index contributed by atoms with van der Waals surface area (Å²) in [6, 6.07) is 3.04. The zero-order valence-corrected chi connectivity index (χ0v) is 30.2. The van der Waals surface area contributed by atoms with E-state index in [1.807, 2.05) is 29.7 Å². The second-order valence-corrected chi connectivity index (χ2v) is 16.8. The van der Waals surface area contributed by atoms with E-state index in [9.17, 15) is 18.3 Å². The predicted octanol–water partition coefficient (Wildman–Crippen LogP) is 4.12. The molecule has 18 heteroatoms. The first-order chi connectivity index (χ1) is 24.3. The molecule has 0 saturated carbocycles. The second-order valence-electron chi connectivity index (χ2n) is 14.3. The molecule has 3 N–H and O–H groups in total. The Morgan fingerprint density at radius 1 is 1.12 bits per heavy atom. The number of hydrogen-bond donors (Lipinski definition) is 2. The Bertz CT molecular complexity index is 1750. The molecule has 7 heterocycles. The molecule has 4 fully saturated rings. The Kier molecular flexibility index (Phi) is 9.69. The molecule has 0 radical (unpaired) electrons. The molecular formula is C33H41F3N10O3S2. The van der Waals surface area contributed by atoms with Crippen molar-refractivity contribution in [2.45, 2.75) is 80.5 Å². The van der Waals surface area contributed by atoms with Crippen LogP contribution in [0.1, 0.15) is 58.1 Å². The van der Waals surface area contributed by atoms with Gasteiger partial charge in [0, 0.05) is 55.0 Å². The molecule has 2 aromatic heterocycles. The molecule has 0 aromatic carbocycles. The number of nitrogens with zero attached hydrogens (tertiary/aromatic N) is 9. The third-order valence-electron chi connectivity index (χ3n) is 10.6. The Morgan fingerprint density at radius 3 is 2.63 bits per heavy atom. The summed E-state index contributed by atoms with van der Waals surface area (Å²) < 4.78 is 51.6. The number of anilines is 2. The van der Waals surface area contributed by atoms with Crippen molar-refractivity contribution < 1.29 is 27.8 Å². The van der Waals surface area contributed by atoms with Crippen LogP contribution < -0.4 is 25.0 Å². The van der Waals surface area contributed by atoms with Crippen LogP contribution in [0.25, 0.3) is 0 Å².